The Morgan fingerprint density at radius 1 is 1.00 bits per heavy atom. The lowest BCUT2D eigenvalue weighted by Gasteiger charge is -2.17. The molecule has 0 aliphatic heterocycles. The maximum absolute atomic E-state index is 12.3. The van der Waals surface area contributed by atoms with Gasteiger partial charge in [-0.25, -0.2) is 4.79 Å². The van der Waals surface area contributed by atoms with Gasteiger partial charge in [-0.2, -0.15) is 0 Å². The first-order valence-electron chi connectivity index (χ1n) is 12.0. The molecule has 0 fully saturated rings. The molecule has 34 heavy (non-hydrogen) atoms. The number of fused-ring (bicyclic) bond motifs is 3. The number of alkyl carbamates (subject to hydrolysis) is 1. The molecule has 2 amide bonds. The minimum absolute atomic E-state index is 0.0311. The van der Waals surface area contributed by atoms with Crippen molar-refractivity contribution < 1.29 is 24.2 Å². The number of carbonyl (C=O) groups excluding carboxylic acids is 2. The van der Waals surface area contributed by atoms with Gasteiger partial charge in [-0.1, -0.05) is 61.9 Å². The van der Waals surface area contributed by atoms with Crippen LogP contribution in [0.4, 0.5) is 4.79 Å². The summed E-state index contributed by atoms with van der Waals surface area (Å²) in [7, 11) is 0. The van der Waals surface area contributed by atoms with Crippen LogP contribution in [0.5, 0.6) is 0 Å². The first-order chi connectivity index (χ1) is 16.4. The maximum atomic E-state index is 12.3. The summed E-state index contributed by atoms with van der Waals surface area (Å²) < 4.78 is 5.57. The molecule has 0 saturated heterocycles. The first-order valence-corrected chi connectivity index (χ1v) is 12.0. The maximum Gasteiger partial charge on any atom is 0.407 e. The van der Waals surface area contributed by atoms with E-state index < -0.39 is 12.1 Å². The number of nitrogens with one attached hydrogen (secondary N) is 2. The van der Waals surface area contributed by atoms with Crippen molar-refractivity contribution in [3.63, 3.8) is 0 Å². The normalized spacial score (nSPS) is 13.9. The predicted octanol–water partition coefficient (Wildman–Crippen LogP) is 4.70. The Hall–Kier alpha value is -3.35. The molecule has 1 aliphatic carbocycles. The van der Waals surface area contributed by atoms with Gasteiger partial charge in [0, 0.05) is 24.9 Å². The number of aliphatic carboxylic acids is 1. The van der Waals surface area contributed by atoms with E-state index in [1.54, 1.807) is 6.92 Å². The standard InChI is InChI=1S/C27H34N2O5/c1-3-19(12-13-25(30)29-18(2)16-26(31)32)14-15-28-27(33)34-17-24-22-10-6-4-8-20(22)21-9-5-7-11-23(21)24/h4-11,18-19,24H,3,12-17H2,1-2H3,(H,28,33)(H,29,30)(H,31,32)/t18-,19?/m0/s1. The third kappa shape index (κ3) is 6.83. The Kier molecular flexibility index (Phi) is 9.08. The van der Waals surface area contributed by atoms with Crippen molar-refractivity contribution >= 4 is 18.0 Å². The molecule has 182 valence electrons. The van der Waals surface area contributed by atoms with Gasteiger partial charge in [-0.15, -0.1) is 0 Å². The van der Waals surface area contributed by atoms with Gasteiger partial charge in [0.1, 0.15) is 6.61 Å². The molecule has 0 saturated carbocycles. The lowest BCUT2D eigenvalue weighted by Crippen LogP contribution is -2.34. The SMILES string of the molecule is CCC(CCNC(=O)OCC1c2ccccc2-c2ccccc21)CCC(=O)N[C@@H](C)CC(=O)O. The van der Waals surface area contributed by atoms with E-state index in [0.29, 0.717) is 19.4 Å². The summed E-state index contributed by atoms with van der Waals surface area (Å²) in [6.07, 6.45) is 2.15. The van der Waals surface area contributed by atoms with E-state index in [-0.39, 0.29) is 36.8 Å². The molecule has 2 atom stereocenters. The van der Waals surface area contributed by atoms with E-state index in [1.165, 1.54) is 22.3 Å². The highest BCUT2D eigenvalue weighted by atomic mass is 16.5. The number of rotatable bonds is 12. The molecule has 7 heteroatoms. The summed E-state index contributed by atoms with van der Waals surface area (Å²) in [6, 6.07) is 16.1. The molecule has 2 aromatic carbocycles. The molecule has 0 aromatic heterocycles. The monoisotopic (exact) mass is 466 g/mol. The predicted molar refractivity (Wildman–Crippen MR) is 131 cm³/mol. The van der Waals surface area contributed by atoms with E-state index >= 15 is 0 Å². The summed E-state index contributed by atoms with van der Waals surface area (Å²) in [5.74, 6) is -0.756. The van der Waals surface area contributed by atoms with Gasteiger partial charge >= 0.3 is 12.1 Å². The zero-order valence-corrected chi connectivity index (χ0v) is 19.9. The lowest BCUT2D eigenvalue weighted by molar-refractivity contribution is -0.137. The molecular formula is C27H34N2O5. The van der Waals surface area contributed by atoms with Gasteiger partial charge in [0.25, 0.3) is 0 Å². The molecule has 0 spiro atoms. The Labute approximate surface area is 200 Å². The number of ether oxygens (including phenoxy) is 1. The number of carboxylic acid groups (broad SMARTS) is 1. The summed E-state index contributed by atoms with van der Waals surface area (Å²) in [6.45, 7) is 4.50. The first kappa shape index (κ1) is 25.3. The van der Waals surface area contributed by atoms with Gasteiger partial charge in [-0.3, -0.25) is 9.59 Å². The van der Waals surface area contributed by atoms with Crippen LogP contribution in [0.1, 0.15) is 63.0 Å². The van der Waals surface area contributed by atoms with Gasteiger partial charge in [0.2, 0.25) is 5.91 Å². The van der Waals surface area contributed by atoms with Crippen molar-refractivity contribution in [1.82, 2.24) is 10.6 Å². The molecule has 1 unspecified atom stereocenters. The van der Waals surface area contributed by atoms with Crippen LogP contribution in [-0.2, 0) is 14.3 Å². The van der Waals surface area contributed by atoms with Crippen molar-refractivity contribution in [2.24, 2.45) is 5.92 Å². The molecular weight excluding hydrogens is 432 g/mol. The van der Waals surface area contributed by atoms with Crippen LogP contribution in [0.3, 0.4) is 0 Å². The number of carboxylic acids is 1. The van der Waals surface area contributed by atoms with Crippen LogP contribution in [0.15, 0.2) is 48.5 Å². The van der Waals surface area contributed by atoms with E-state index in [1.807, 2.05) is 24.3 Å². The van der Waals surface area contributed by atoms with Crippen molar-refractivity contribution in [1.29, 1.82) is 0 Å². The van der Waals surface area contributed by atoms with Crippen LogP contribution in [0.2, 0.25) is 0 Å². The third-order valence-electron chi connectivity index (χ3n) is 6.41. The van der Waals surface area contributed by atoms with Crippen LogP contribution < -0.4 is 10.6 Å². The zero-order chi connectivity index (χ0) is 24.5. The van der Waals surface area contributed by atoms with Crippen molar-refractivity contribution in [3.8, 4) is 11.1 Å². The average molecular weight is 467 g/mol. The van der Waals surface area contributed by atoms with E-state index in [0.717, 1.165) is 12.8 Å². The molecule has 0 radical (unpaired) electrons. The highest BCUT2D eigenvalue weighted by molar-refractivity contribution is 5.79. The Balaban J connectivity index is 1.40. The molecule has 2 aromatic rings. The fourth-order valence-corrected chi connectivity index (χ4v) is 4.58. The van der Waals surface area contributed by atoms with Gasteiger partial charge in [0.05, 0.1) is 6.42 Å². The van der Waals surface area contributed by atoms with E-state index in [2.05, 4.69) is 41.8 Å². The number of amides is 2. The topological polar surface area (TPSA) is 105 Å². The second-order valence-electron chi connectivity index (χ2n) is 8.92. The number of benzene rings is 2. The third-order valence-corrected chi connectivity index (χ3v) is 6.41. The van der Waals surface area contributed by atoms with Gasteiger partial charge in [0.15, 0.2) is 0 Å². The van der Waals surface area contributed by atoms with E-state index in [4.69, 9.17) is 9.84 Å². The number of hydrogen-bond donors (Lipinski definition) is 3. The minimum Gasteiger partial charge on any atom is -0.481 e. The lowest BCUT2D eigenvalue weighted by atomic mass is 9.96. The highest BCUT2D eigenvalue weighted by Crippen LogP contribution is 2.44. The Morgan fingerprint density at radius 3 is 2.21 bits per heavy atom. The minimum atomic E-state index is -0.932. The largest absolute Gasteiger partial charge is 0.481 e. The fraction of sp³-hybridized carbons (Fsp3) is 0.444. The average Bonchev–Trinajstić information content (AvgIpc) is 3.13. The number of carbonyl (C=O) groups is 3. The second kappa shape index (κ2) is 12.2. The van der Waals surface area contributed by atoms with Crippen LogP contribution in [0, 0.1) is 5.92 Å². The summed E-state index contributed by atoms with van der Waals surface area (Å²) >= 11 is 0. The second-order valence-corrected chi connectivity index (χ2v) is 8.92. The summed E-state index contributed by atoms with van der Waals surface area (Å²) in [5, 5.41) is 14.3. The van der Waals surface area contributed by atoms with E-state index in [9.17, 15) is 14.4 Å². The van der Waals surface area contributed by atoms with Crippen LogP contribution in [-0.4, -0.2) is 42.3 Å². The van der Waals surface area contributed by atoms with Crippen molar-refractivity contribution in [2.75, 3.05) is 13.2 Å². The molecule has 1 aliphatic rings. The van der Waals surface area contributed by atoms with Gasteiger partial charge < -0.3 is 20.5 Å². The molecule has 0 bridgehead atoms. The summed E-state index contributed by atoms with van der Waals surface area (Å²) in [5.41, 5.74) is 4.75. The molecule has 0 heterocycles. The highest BCUT2D eigenvalue weighted by Gasteiger charge is 2.29. The molecule has 7 nitrogen and oxygen atoms in total. The van der Waals surface area contributed by atoms with Crippen molar-refractivity contribution in [3.05, 3.63) is 59.7 Å². The number of hydrogen-bond acceptors (Lipinski definition) is 4. The molecule has 3 rings (SSSR count). The molecule has 3 N–H and O–H groups in total. The fourth-order valence-electron chi connectivity index (χ4n) is 4.58. The van der Waals surface area contributed by atoms with Crippen molar-refractivity contribution in [2.45, 2.75) is 57.9 Å². The zero-order valence-electron chi connectivity index (χ0n) is 19.9. The van der Waals surface area contributed by atoms with Crippen LogP contribution >= 0.6 is 0 Å². The van der Waals surface area contributed by atoms with Gasteiger partial charge in [-0.05, 0) is 47.9 Å². The van der Waals surface area contributed by atoms with Crippen LogP contribution in [0.25, 0.3) is 11.1 Å². The quantitative estimate of drug-likeness (QED) is 0.421. The Morgan fingerprint density at radius 2 is 1.62 bits per heavy atom. The smallest absolute Gasteiger partial charge is 0.407 e. The Bertz CT molecular complexity index is 961. The summed E-state index contributed by atoms with van der Waals surface area (Å²) in [4.78, 5) is 35.1.